The van der Waals surface area contributed by atoms with Gasteiger partial charge >= 0.3 is 0 Å². The van der Waals surface area contributed by atoms with Crippen molar-refractivity contribution in [3.8, 4) is 11.3 Å². The highest BCUT2D eigenvalue weighted by atomic mass is 16.2. The molecule has 0 aromatic carbocycles. The SMILES string of the molecule is [B]C([B])([B])N1CCN(CC(=O)Nc2cc3nc(-c4cnn(C)c4)ccc3cn2)CC1. The lowest BCUT2D eigenvalue weighted by atomic mass is 9.48. The molecule has 0 spiro atoms. The topological polar surface area (TPSA) is 79.2 Å². The van der Waals surface area contributed by atoms with Gasteiger partial charge < -0.3 is 10.2 Å². The van der Waals surface area contributed by atoms with E-state index in [9.17, 15) is 4.79 Å². The quantitative estimate of drug-likeness (QED) is 0.599. The predicted molar refractivity (Wildman–Crippen MR) is 118 cm³/mol. The Morgan fingerprint density at radius 1 is 1.17 bits per heavy atom. The fourth-order valence-corrected chi connectivity index (χ4v) is 3.48. The van der Waals surface area contributed by atoms with Crippen molar-refractivity contribution in [1.82, 2.24) is 29.5 Å². The lowest BCUT2D eigenvalue weighted by Gasteiger charge is -2.43. The van der Waals surface area contributed by atoms with Gasteiger partial charge in [0.15, 0.2) is 0 Å². The molecule has 1 aliphatic rings. The number of fused-ring (bicyclic) bond motifs is 1. The van der Waals surface area contributed by atoms with Gasteiger partial charge in [0, 0.05) is 62.6 Å². The van der Waals surface area contributed by atoms with E-state index in [4.69, 9.17) is 23.5 Å². The second-order valence-corrected chi connectivity index (χ2v) is 7.56. The third-order valence-corrected chi connectivity index (χ3v) is 5.13. The Hall–Kier alpha value is -2.65. The van der Waals surface area contributed by atoms with E-state index in [0.29, 0.717) is 32.0 Å². The molecule has 1 fully saturated rings. The van der Waals surface area contributed by atoms with E-state index >= 15 is 0 Å². The lowest BCUT2D eigenvalue weighted by molar-refractivity contribution is -0.117. The average molecular weight is 395 g/mol. The minimum atomic E-state index is -1.33. The summed E-state index contributed by atoms with van der Waals surface area (Å²) in [6, 6.07) is 5.66. The number of aromatic nitrogens is 4. The molecule has 0 bridgehead atoms. The van der Waals surface area contributed by atoms with Gasteiger partial charge in [0.25, 0.3) is 0 Å². The number of piperazine rings is 1. The summed E-state index contributed by atoms with van der Waals surface area (Å²) in [7, 11) is 19.0. The van der Waals surface area contributed by atoms with Gasteiger partial charge in [-0.15, -0.1) is 0 Å². The van der Waals surface area contributed by atoms with Crippen LogP contribution in [-0.2, 0) is 11.8 Å². The molecular weight excluding hydrogens is 375 g/mol. The fourth-order valence-electron chi connectivity index (χ4n) is 3.48. The van der Waals surface area contributed by atoms with Gasteiger partial charge in [-0.3, -0.25) is 14.4 Å². The Morgan fingerprint density at radius 3 is 2.60 bits per heavy atom. The van der Waals surface area contributed by atoms with E-state index in [1.165, 1.54) is 0 Å². The number of hydrogen-bond donors (Lipinski definition) is 1. The Kier molecular flexibility index (Phi) is 5.66. The summed E-state index contributed by atoms with van der Waals surface area (Å²) in [4.78, 5) is 25.3. The Labute approximate surface area is 179 Å². The molecule has 8 nitrogen and oxygen atoms in total. The first kappa shape index (κ1) is 20.6. The van der Waals surface area contributed by atoms with Crippen LogP contribution in [0.1, 0.15) is 0 Å². The van der Waals surface area contributed by atoms with E-state index in [1.807, 2.05) is 30.3 Å². The van der Waals surface area contributed by atoms with Crippen molar-refractivity contribution in [2.75, 3.05) is 38.0 Å². The zero-order valence-corrected chi connectivity index (χ0v) is 16.8. The molecule has 6 radical (unpaired) electrons. The molecule has 0 unspecified atom stereocenters. The number of nitrogens with one attached hydrogen (secondary N) is 1. The largest absolute Gasteiger partial charge is 0.320 e. The van der Waals surface area contributed by atoms with Crippen LogP contribution in [0.3, 0.4) is 0 Å². The van der Waals surface area contributed by atoms with Gasteiger partial charge in [0.05, 0.1) is 47.5 Å². The number of nitrogens with zero attached hydrogens (tertiary/aromatic N) is 6. The normalized spacial score (nSPS) is 16.0. The van der Waals surface area contributed by atoms with E-state index in [2.05, 4.69) is 20.4 Å². The number of amides is 1. The summed E-state index contributed by atoms with van der Waals surface area (Å²) in [6.45, 7) is 2.77. The highest BCUT2D eigenvalue weighted by Gasteiger charge is 2.25. The molecule has 30 heavy (non-hydrogen) atoms. The van der Waals surface area contributed by atoms with Crippen molar-refractivity contribution in [3.05, 3.63) is 36.8 Å². The van der Waals surface area contributed by atoms with Crippen LogP contribution in [0.4, 0.5) is 5.82 Å². The van der Waals surface area contributed by atoms with Crippen LogP contribution >= 0.6 is 0 Å². The molecule has 0 atom stereocenters. The average Bonchev–Trinajstić information content (AvgIpc) is 3.13. The van der Waals surface area contributed by atoms with Crippen molar-refractivity contribution in [1.29, 1.82) is 0 Å². The summed E-state index contributed by atoms with van der Waals surface area (Å²) < 4.78 is 1.73. The molecule has 146 valence electrons. The van der Waals surface area contributed by atoms with Crippen LogP contribution in [0.2, 0.25) is 0 Å². The third kappa shape index (κ3) is 4.74. The maximum atomic E-state index is 12.5. The number of aryl methyl sites for hydroxylation is 1. The molecular formula is C19H20B3N7O. The van der Waals surface area contributed by atoms with Crippen molar-refractivity contribution < 1.29 is 4.79 Å². The Bertz CT molecular complexity index is 1060. The molecule has 3 aromatic rings. The van der Waals surface area contributed by atoms with Gasteiger partial charge in [-0.2, -0.15) is 5.10 Å². The zero-order chi connectivity index (χ0) is 21.3. The van der Waals surface area contributed by atoms with Crippen molar-refractivity contribution in [3.63, 3.8) is 0 Å². The molecule has 4 rings (SSSR count). The van der Waals surface area contributed by atoms with Gasteiger partial charge in [-0.05, 0) is 12.1 Å². The van der Waals surface area contributed by atoms with Crippen LogP contribution in [-0.4, -0.2) is 97.0 Å². The third-order valence-electron chi connectivity index (χ3n) is 5.13. The summed E-state index contributed by atoms with van der Waals surface area (Å²) in [5, 5.41) is 6.60. The first-order chi connectivity index (χ1) is 14.3. The molecule has 1 aliphatic heterocycles. The van der Waals surface area contributed by atoms with E-state index in [-0.39, 0.29) is 12.5 Å². The molecule has 1 amide bonds. The Balaban J connectivity index is 1.40. The minimum absolute atomic E-state index is 0.141. The second kappa shape index (κ2) is 8.24. The van der Waals surface area contributed by atoms with Gasteiger partial charge in [0.2, 0.25) is 5.91 Å². The molecule has 0 saturated carbocycles. The smallest absolute Gasteiger partial charge is 0.239 e. The van der Waals surface area contributed by atoms with Crippen LogP contribution in [0.25, 0.3) is 22.2 Å². The second-order valence-electron chi connectivity index (χ2n) is 7.56. The number of carbonyl (C=O) groups is 1. The molecule has 1 saturated heterocycles. The van der Waals surface area contributed by atoms with Crippen molar-refractivity contribution in [2.45, 2.75) is 5.24 Å². The highest BCUT2D eigenvalue weighted by Crippen LogP contribution is 2.21. The number of hydrogen-bond acceptors (Lipinski definition) is 6. The van der Waals surface area contributed by atoms with E-state index < -0.39 is 5.24 Å². The van der Waals surface area contributed by atoms with E-state index in [0.717, 1.165) is 22.2 Å². The van der Waals surface area contributed by atoms with Crippen molar-refractivity contribution >= 4 is 46.2 Å². The molecule has 11 heteroatoms. The zero-order valence-electron chi connectivity index (χ0n) is 16.8. The van der Waals surface area contributed by atoms with Crippen LogP contribution < -0.4 is 5.32 Å². The first-order valence-electron chi connectivity index (χ1n) is 9.68. The maximum absolute atomic E-state index is 12.5. The summed E-state index contributed by atoms with van der Waals surface area (Å²) in [6.07, 6.45) is 5.37. The number of anilines is 1. The fraction of sp³-hybridized carbons (Fsp3) is 0.368. The minimum Gasteiger partial charge on any atom is -0.320 e. The first-order valence-corrected chi connectivity index (χ1v) is 9.68. The van der Waals surface area contributed by atoms with Gasteiger partial charge in [0.1, 0.15) is 5.82 Å². The maximum Gasteiger partial charge on any atom is 0.239 e. The van der Waals surface area contributed by atoms with Crippen LogP contribution in [0.15, 0.2) is 36.8 Å². The van der Waals surface area contributed by atoms with Crippen LogP contribution in [0.5, 0.6) is 0 Å². The highest BCUT2D eigenvalue weighted by molar-refractivity contribution is 6.59. The lowest BCUT2D eigenvalue weighted by Crippen LogP contribution is -2.59. The monoisotopic (exact) mass is 395 g/mol. The molecule has 1 N–H and O–H groups in total. The Morgan fingerprint density at radius 2 is 1.93 bits per heavy atom. The summed E-state index contributed by atoms with van der Waals surface area (Å²) in [5.41, 5.74) is 2.49. The number of carbonyl (C=O) groups excluding carboxylic acids is 1. The van der Waals surface area contributed by atoms with E-state index in [1.54, 1.807) is 28.0 Å². The number of pyridine rings is 2. The summed E-state index contributed by atoms with van der Waals surface area (Å²) in [5.74, 6) is 0.324. The van der Waals surface area contributed by atoms with Crippen LogP contribution in [0, 0.1) is 0 Å². The molecule has 4 heterocycles. The van der Waals surface area contributed by atoms with Crippen molar-refractivity contribution in [2.24, 2.45) is 7.05 Å². The van der Waals surface area contributed by atoms with Gasteiger partial charge in [-0.25, -0.2) is 9.97 Å². The molecule has 3 aromatic heterocycles. The number of rotatable bonds is 5. The summed E-state index contributed by atoms with van der Waals surface area (Å²) >= 11 is 0. The standard InChI is InChI=1S/C19H20B3N7O/c1-27-11-14(10-24-27)15-3-2-13-9-23-17(8-16(13)25-15)26-18(30)12-28-4-6-29(7-5-28)19(20,21)22/h2-3,8-11H,4-7,12H2,1H3,(H,23,26,30). The molecule has 0 aliphatic carbocycles. The predicted octanol–water partition coefficient (Wildman–Crippen LogP) is -0.297. The van der Waals surface area contributed by atoms with Gasteiger partial charge in [-0.1, -0.05) is 5.24 Å².